The molecule has 0 amide bonds. The van der Waals surface area contributed by atoms with Crippen LogP contribution in [0, 0.1) is 0 Å². The van der Waals surface area contributed by atoms with Crippen molar-refractivity contribution < 1.29 is 9.90 Å². The fourth-order valence-electron chi connectivity index (χ4n) is 0.870. The maximum absolute atomic E-state index is 10.5. The minimum Gasteiger partial charge on any atom is -0.481 e. The Kier molecular flexibility index (Phi) is 6.39. The van der Waals surface area contributed by atoms with Crippen molar-refractivity contribution in [2.24, 2.45) is 12.2 Å². The average Bonchev–Trinajstić information content (AvgIpc) is 2.66. The van der Waals surface area contributed by atoms with E-state index in [1.807, 2.05) is 0 Å². The number of rotatable bonds is 3. The van der Waals surface area contributed by atoms with E-state index in [0.717, 1.165) is 5.56 Å². The molecule has 0 aromatic carbocycles. The Morgan fingerprint density at radius 3 is 2.69 bits per heavy atom. The third-order valence-electron chi connectivity index (χ3n) is 1.80. The molecule has 1 unspecified atom stereocenters. The number of carbonyl (C=O) groups is 1. The molecule has 0 saturated heterocycles. The Morgan fingerprint density at radius 2 is 2.44 bits per heavy atom. The summed E-state index contributed by atoms with van der Waals surface area (Å²) in [6.07, 6.45) is 3.28. The molecule has 0 bridgehead atoms. The van der Waals surface area contributed by atoms with Crippen LogP contribution in [-0.4, -0.2) is 27.4 Å². The van der Waals surface area contributed by atoms with Crippen molar-refractivity contribution in [2.75, 3.05) is 6.54 Å². The molecule has 0 spiro atoms. The molecule has 7 nitrogen and oxygen atoms in total. The van der Waals surface area contributed by atoms with Gasteiger partial charge in [-0.15, -0.1) is 0 Å². The monoisotopic (exact) mass is 225 g/mol. The van der Waals surface area contributed by atoms with Crippen LogP contribution in [0.4, 0.5) is 0 Å². The molecular weight excluding hydrogens is 210 g/mol. The number of aliphatic carboxylic acids is 1. The molecule has 7 heteroatoms. The lowest BCUT2D eigenvalue weighted by molar-refractivity contribution is -0.138. The van der Waals surface area contributed by atoms with Gasteiger partial charge in [-0.3, -0.25) is 9.48 Å². The second kappa shape index (κ2) is 7.30. The van der Waals surface area contributed by atoms with Gasteiger partial charge in [0.05, 0.1) is 12.1 Å². The molecular formula is C9H15N5O2. The van der Waals surface area contributed by atoms with Crippen molar-refractivity contribution in [3.63, 3.8) is 0 Å². The lowest BCUT2D eigenvalue weighted by Gasteiger charge is -1.99. The second-order valence-electron chi connectivity index (χ2n) is 3.05. The molecule has 0 fully saturated rings. The molecule has 1 aromatic rings. The maximum atomic E-state index is 10.5. The lowest BCUT2D eigenvalue weighted by atomic mass is 10.1. The summed E-state index contributed by atoms with van der Waals surface area (Å²) in [4.78, 5) is 13.0. The zero-order valence-electron chi connectivity index (χ0n) is 9.53. The summed E-state index contributed by atoms with van der Waals surface area (Å²) in [7, 11) is 1.76. The highest BCUT2D eigenvalue weighted by atomic mass is 16.4. The zero-order chi connectivity index (χ0) is 12.6. The summed E-state index contributed by atoms with van der Waals surface area (Å²) in [5.74, 6) is -1.29. The number of hydrogen-bond donors (Lipinski definition) is 1. The van der Waals surface area contributed by atoms with Crippen molar-refractivity contribution in [3.8, 4) is 0 Å². The maximum Gasteiger partial charge on any atom is 0.310 e. The largest absolute Gasteiger partial charge is 0.481 e. The molecule has 1 atom stereocenters. The normalized spacial score (nSPS) is 10.7. The number of aromatic nitrogens is 2. The van der Waals surface area contributed by atoms with Crippen LogP contribution >= 0.6 is 0 Å². The van der Waals surface area contributed by atoms with Gasteiger partial charge in [0.1, 0.15) is 0 Å². The van der Waals surface area contributed by atoms with Gasteiger partial charge in [0.2, 0.25) is 0 Å². The summed E-state index contributed by atoms with van der Waals surface area (Å²) in [5, 5.41) is 15.6. The van der Waals surface area contributed by atoms with E-state index < -0.39 is 11.9 Å². The van der Waals surface area contributed by atoms with E-state index in [9.17, 15) is 4.79 Å². The molecule has 88 valence electrons. The first-order valence-electron chi connectivity index (χ1n) is 4.75. The third kappa shape index (κ3) is 5.02. The molecule has 1 aromatic heterocycles. The van der Waals surface area contributed by atoms with Gasteiger partial charge in [-0.25, -0.2) is 0 Å². The fraction of sp³-hybridized carbons (Fsp3) is 0.556. The summed E-state index contributed by atoms with van der Waals surface area (Å²) >= 11 is 0. The van der Waals surface area contributed by atoms with Crippen LogP contribution in [0.25, 0.3) is 10.4 Å². The van der Waals surface area contributed by atoms with Gasteiger partial charge >= 0.3 is 5.97 Å². The molecule has 0 saturated carbocycles. The summed E-state index contributed by atoms with van der Waals surface area (Å²) in [5.41, 5.74) is 8.26. The van der Waals surface area contributed by atoms with E-state index in [-0.39, 0.29) is 0 Å². The third-order valence-corrected chi connectivity index (χ3v) is 1.80. The predicted molar refractivity (Wildman–Crippen MR) is 58.9 cm³/mol. The zero-order valence-corrected chi connectivity index (χ0v) is 9.53. The number of carboxylic acids is 1. The standard InChI is InChI=1S/C7H10N2O2.C2H5N3/c1-5(7(10)11)6-3-8-9(2)4-6;1-2-4-5-3/h3-5H,1-2H3,(H,10,11);2H2,1H3. The van der Waals surface area contributed by atoms with Gasteiger partial charge in [0, 0.05) is 30.3 Å². The van der Waals surface area contributed by atoms with Crippen molar-refractivity contribution in [1.82, 2.24) is 9.78 Å². The Hall–Kier alpha value is -2.01. The summed E-state index contributed by atoms with van der Waals surface area (Å²) in [6.45, 7) is 3.98. The number of hydrogen-bond acceptors (Lipinski definition) is 3. The van der Waals surface area contributed by atoms with E-state index in [1.165, 1.54) is 0 Å². The lowest BCUT2D eigenvalue weighted by Crippen LogP contribution is -2.06. The smallest absolute Gasteiger partial charge is 0.310 e. The molecule has 16 heavy (non-hydrogen) atoms. The first-order chi connectivity index (χ1) is 7.52. The van der Waals surface area contributed by atoms with Gasteiger partial charge in [-0.05, 0) is 12.5 Å². The molecule has 1 heterocycles. The fourth-order valence-corrected chi connectivity index (χ4v) is 0.870. The molecule has 0 radical (unpaired) electrons. The highest BCUT2D eigenvalue weighted by Gasteiger charge is 2.14. The molecule has 1 N–H and O–H groups in total. The Morgan fingerprint density at radius 1 is 1.81 bits per heavy atom. The SMILES string of the molecule is CC(C(=O)O)c1cnn(C)c1.CCN=[N+]=[N-]. The Balaban J connectivity index is 0.000000385. The van der Waals surface area contributed by atoms with E-state index in [4.69, 9.17) is 10.6 Å². The average molecular weight is 225 g/mol. The number of carboxylic acid groups (broad SMARTS) is 1. The minimum absolute atomic E-state index is 0.469. The van der Waals surface area contributed by atoms with E-state index in [2.05, 4.69) is 15.1 Å². The van der Waals surface area contributed by atoms with Gasteiger partial charge in [-0.2, -0.15) is 5.10 Å². The van der Waals surface area contributed by atoms with Crippen LogP contribution < -0.4 is 0 Å². The number of azide groups is 1. The van der Waals surface area contributed by atoms with Gasteiger partial charge in [0.15, 0.2) is 0 Å². The quantitative estimate of drug-likeness (QED) is 0.482. The first-order valence-corrected chi connectivity index (χ1v) is 4.75. The van der Waals surface area contributed by atoms with Crippen LogP contribution in [-0.2, 0) is 11.8 Å². The van der Waals surface area contributed by atoms with E-state index in [0.29, 0.717) is 6.54 Å². The predicted octanol–water partition coefficient (Wildman–Crippen LogP) is 1.92. The van der Waals surface area contributed by atoms with Crippen molar-refractivity contribution in [3.05, 3.63) is 28.4 Å². The van der Waals surface area contributed by atoms with Crippen LogP contribution in [0.3, 0.4) is 0 Å². The minimum atomic E-state index is -0.821. The number of aryl methyl sites for hydroxylation is 1. The topological polar surface area (TPSA) is 104 Å². The molecule has 0 aliphatic heterocycles. The van der Waals surface area contributed by atoms with Crippen molar-refractivity contribution in [2.45, 2.75) is 19.8 Å². The summed E-state index contributed by atoms with van der Waals surface area (Å²) in [6, 6.07) is 0. The van der Waals surface area contributed by atoms with Crippen LogP contribution in [0.2, 0.25) is 0 Å². The van der Waals surface area contributed by atoms with Crippen LogP contribution in [0.5, 0.6) is 0 Å². The molecule has 1 rings (SSSR count). The van der Waals surface area contributed by atoms with Crippen molar-refractivity contribution >= 4 is 5.97 Å². The van der Waals surface area contributed by atoms with Crippen LogP contribution in [0.1, 0.15) is 25.3 Å². The summed E-state index contributed by atoms with van der Waals surface area (Å²) < 4.78 is 1.59. The van der Waals surface area contributed by atoms with E-state index >= 15 is 0 Å². The van der Waals surface area contributed by atoms with E-state index in [1.54, 1.807) is 38.0 Å². The van der Waals surface area contributed by atoms with Gasteiger partial charge in [0.25, 0.3) is 0 Å². The highest BCUT2D eigenvalue weighted by molar-refractivity contribution is 5.75. The van der Waals surface area contributed by atoms with Gasteiger partial charge < -0.3 is 5.11 Å². The second-order valence-corrected chi connectivity index (χ2v) is 3.05. The Labute approximate surface area is 93.3 Å². The highest BCUT2D eigenvalue weighted by Crippen LogP contribution is 2.12. The number of nitrogens with zero attached hydrogens (tertiary/aromatic N) is 5. The molecule has 0 aliphatic carbocycles. The first kappa shape index (κ1) is 14.0. The molecule has 0 aliphatic rings. The van der Waals surface area contributed by atoms with Gasteiger partial charge in [-0.1, -0.05) is 12.0 Å². The Bertz CT molecular complexity index is 381. The van der Waals surface area contributed by atoms with Crippen LogP contribution in [0.15, 0.2) is 17.5 Å². The van der Waals surface area contributed by atoms with Crippen molar-refractivity contribution in [1.29, 1.82) is 0 Å².